The maximum Gasteiger partial charge on any atom is 0.254 e. The lowest BCUT2D eigenvalue weighted by atomic mass is 10.1. The van der Waals surface area contributed by atoms with Gasteiger partial charge in [-0.1, -0.05) is 35.9 Å². The highest BCUT2D eigenvalue weighted by atomic mass is 35.5. The normalized spacial score (nSPS) is 15.1. The molecule has 3 aromatic carbocycles. The Bertz CT molecular complexity index is 1740. The van der Waals surface area contributed by atoms with Gasteiger partial charge >= 0.3 is 0 Å². The van der Waals surface area contributed by atoms with E-state index >= 15 is 0 Å². The summed E-state index contributed by atoms with van der Waals surface area (Å²) in [7, 11) is 0. The molecule has 1 fully saturated rings. The van der Waals surface area contributed by atoms with Crippen LogP contribution in [0.1, 0.15) is 22.3 Å². The molecule has 0 saturated carbocycles. The van der Waals surface area contributed by atoms with E-state index in [4.69, 9.17) is 30.5 Å². The topological polar surface area (TPSA) is 107 Å². The van der Waals surface area contributed by atoms with E-state index in [1.165, 1.54) is 0 Å². The van der Waals surface area contributed by atoms with Gasteiger partial charge in [0.1, 0.15) is 6.54 Å². The lowest BCUT2D eigenvalue weighted by Gasteiger charge is -2.27. The van der Waals surface area contributed by atoms with Crippen molar-refractivity contribution in [1.29, 1.82) is 0 Å². The zero-order chi connectivity index (χ0) is 30.8. The van der Waals surface area contributed by atoms with E-state index in [-0.39, 0.29) is 38.5 Å². The molecule has 0 atom stereocenters. The third-order valence-corrected chi connectivity index (χ3v) is 8.35. The number of aromatic nitrogens is 2. The lowest BCUT2D eigenvalue weighted by molar-refractivity contribution is -0.131. The van der Waals surface area contributed by atoms with Crippen LogP contribution in [0.2, 0.25) is 5.02 Å². The van der Waals surface area contributed by atoms with Crippen LogP contribution in [-0.2, 0) is 11.3 Å². The van der Waals surface area contributed by atoms with E-state index in [9.17, 15) is 9.59 Å². The quantitative estimate of drug-likeness (QED) is 0.290. The summed E-state index contributed by atoms with van der Waals surface area (Å²) in [5.41, 5.74) is 2.76. The minimum Gasteiger partial charge on any atom is -0.454 e. The van der Waals surface area contributed by atoms with Gasteiger partial charge in [-0.15, -0.1) is 10.2 Å². The largest absolute Gasteiger partial charge is 0.454 e. The smallest absolute Gasteiger partial charge is 0.254 e. The predicted octanol–water partition coefficient (Wildman–Crippen LogP) is 4.64. The maximum absolute atomic E-state index is 13.8. The summed E-state index contributed by atoms with van der Waals surface area (Å²) in [6.45, 7) is 2.75. The van der Waals surface area contributed by atoms with Crippen molar-refractivity contribution in [2.24, 2.45) is 0 Å². The van der Waals surface area contributed by atoms with Gasteiger partial charge in [-0.3, -0.25) is 9.59 Å². The molecular weight excluding hydrogens is 598 g/mol. The number of halogens is 1. The summed E-state index contributed by atoms with van der Waals surface area (Å²) in [5, 5.41) is 9.48. The number of ether oxygens (including phenoxy) is 4. The highest BCUT2D eigenvalue weighted by Gasteiger charge is 2.27. The molecular formula is C33H30ClN5O6. The third kappa shape index (κ3) is 6.16. The predicted molar refractivity (Wildman–Crippen MR) is 166 cm³/mol. The first kappa shape index (κ1) is 28.7. The molecule has 3 aliphatic rings. The van der Waals surface area contributed by atoms with Gasteiger partial charge in [-0.25, -0.2) is 0 Å². The summed E-state index contributed by atoms with van der Waals surface area (Å²) in [5.74, 6) is 2.68. The van der Waals surface area contributed by atoms with Gasteiger partial charge in [-0.2, -0.15) is 0 Å². The van der Waals surface area contributed by atoms with Crippen LogP contribution in [0.4, 0.5) is 5.82 Å². The molecule has 0 radical (unpaired) electrons. The van der Waals surface area contributed by atoms with Crippen LogP contribution >= 0.6 is 11.6 Å². The van der Waals surface area contributed by atoms with E-state index in [0.717, 1.165) is 29.9 Å². The van der Waals surface area contributed by atoms with Crippen molar-refractivity contribution in [3.8, 4) is 34.3 Å². The molecule has 0 spiro atoms. The fraction of sp³-hybridized carbons (Fsp3) is 0.273. The van der Waals surface area contributed by atoms with Crippen molar-refractivity contribution in [3.05, 3.63) is 88.9 Å². The molecule has 0 bridgehead atoms. The van der Waals surface area contributed by atoms with Gasteiger partial charge in [0.05, 0.1) is 10.7 Å². The zero-order valence-electron chi connectivity index (χ0n) is 24.4. The van der Waals surface area contributed by atoms with Crippen molar-refractivity contribution in [1.82, 2.24) is 20.0 Å². The van der Waals surface area contributed by atoms with Crippen LogP contribution < -0.4 is 23.8 Å². The summed E-state index contributed by atoms with van der Waals surface area (Å²) in [6.07, 6.45) is 0.748. The first-order chi connectivity index (χ1) is 22.0. The number of nitrogens with zero attached hydrogens (tertiary/aromatic N) is 5. The molecule has 1 saturated heterocycles. The standard InChI is InChI=1S/C33H30ClN5O6/c34-25-5-2-1-4-24(25)26-8-11-31(36-35-26)37-12-3-13-38(15-14-37)32(40)19-39(18-22-6-9-27-29(16-22)44-20-42-27)33(41)23-7-10-28-30(17-23)45-21-43-28/h1-2,4-11,16-17H,3,12-15,18-21H2. The molecule has 4 aromatic rings. The number of hydrogen-bond donors (Lipinski definition) is 0. The molecule has 45 heavy (non-hydrogen) atoms. The Morgan fingerprint density at radius 2 is 1.53 bits per heavy atom. The highest BCUT2D eigenvalue weighted by molar-refractivity contribution is 6.33. The van der Waals surface area contributed by atoms with Crippen molar-refractivity contribution in [2.75, 3.05) is 51.2 Å². The fourth-order valence-electron chi connectivity index (χ4n) is 5.64. The number of benzene rings is 3. The molecule has 0 unspecified atom stereocenters. The van der Waals surface area contributed by atoms with Gasteiger partial charge in [-0.05, 0) is 60.5 Å². The molecule has 2 amide bonds. The number of rotatable bonds is 7. The first-order valence-electron chi connectivity index (χ1n) is 14.7. The summed E-state index contributed by atoms with van der Waals surface area (Å²) < 4.78 is 21.9. The molecule has 12 heteroatoms. The molecule has 4 heterocycles. The molecule has 1 aromatic heterocycles. The second-order valence-corrected chi connectivity index (χ2v) is 11.3. The van der Waals surface area contributed by atoms with Crippen LogP contribution in [-0.4, -0.2) is 78.1 Å². The van der Waals surface area contributed by atoms with Crippen LogP contribution in [0.3, 0.4) is 0 Å². The van der Waals surface area contributed by atoms with Gasteiger partial charge in [0, 0.05) is 43.9 Å². The van der Waals surface area contributed by atoms with Gasteiger partial charge in [0.2, 0.25) is 19.5 Å². The number of carbonyl (C=O) groups is 2. The minimum atomic E-state index is -0.287. The average molecular weight is 628 g/mol. The summed E-state index contributed by atoms with van der Waals surface area (Å²) >= 11 is 6.33. The van der Waals surface area contributed by atoms with Crippen LogP contribution in [0.25, 0.3) is 11.3 Å². The average Bonchev–Trinajstić information content (AvgIpc) is 3.67. The van der Waals surface area contributed by atoms with E-state index in [1.807, 2.05) is 59.5 Å². The van der Waals surface area contributed by atoms with E-state index in [1.54, 1.807) is 23.1 Å². The number of carbonyl (C=O) groups excluding carboxylic acids is 2. The number of hydrogen-bond acceptors (Lipinski definition) is 9. The van der Waals surface area contributed by atoms with E-state index in [0.29, 0.717) is 58.9 Å². The SMILES string of the molecule is O=C(CN(Cc1ccc2c(c1)OCO2)C(=O)c1ccc2c(c1)OCO2)N1CCCN(c2ccc(-c3ccccc3Cl)nn2)CC1. The van der Waals surface area contributed by atoms with Crippen LogP contribution in [0.15, 0.2) is 72.8 Å². The van der Waals surface area contributed by atoms with Crippen LogP contribution in [0.5, 0.6) is 23.0 Å². The van der Waals surface area contributed by atoms with Crippen molar-refractivity contribution >= 4 is 29.2 Å². The van der Waals surface area contributed by atoms with Crippen molar-refractivity contribution < 1.29 is 28.5 Å². The summed E-state index contributed by atoms with van der Waals surface area (Å²) in [4.78, 5) is 33.0. The minimum absolute atomic E-state index is 0.0892. The molecule has 230 valence electrons. The number of fused-ring (bicyclic) bond motifs is 2. The Morgan fingerprint density at radius 3 is 2.31 bits per heavy atom. The second-order valence-electron chi connectivity index (χ2n) is 10.9. The molecule has 11 nitrogen and oxygen atoms in total. The van der Waals surface area contributed by atoms with Crippen molar-refractivity contribution in [2.45, 2.75) is 13.0 Å². The lowest BCUT2D eigenvalue weighted by Crippen LogP contribution is -2.44. The van der Waals surface area contributed by atoms with Gasteiger partial charge < -0.3 is 33.6 Å². The highest BCUT2D eigenvalue weighted by Crippen LogP contribution is 2.35. The third-order valence-electron chi connectivity index (χ3n) is 8.02. The second kappa shape index (κ2) is 12.5. The van der Waals surface area contributed by atoms with E-state index < -0.39 is 0 Å². The first-order valence-corrected chi connectivity index (χ1v) is 15.1. The van der Waals surface area contributed by atoms with E-state index in [2.05, 4.69) is 15.1 Å². The van der Waals surface area contributed by atoms with Gasteiger partial charge in [0.15, 0.2) is 28.8 Å². The Hall–Kier alpha value is -5.03. The monoisotopic (exact) mass is 627 g/mol. The Balaban J connectivity index is 1.05. The molecule has 7 rings (SSSR count). The molecule has 0 aliphatic carbocycles. The zero-order valence-corrected chi connectivity index (χ0v) is 25.1. The summed E-state index contributed by atoms with van der Waals surface area (Å²) in [6, 6.07) is 22.0. The Morgan fingerprint density at radius 1 is 0.778 bits per heavy atom. The van der Waals surface area contributed by atoms with Crippen LogP contribution in [0, 0.1) is 0 Å². The fourth-order valence-corrected chi connectivity index (χ4v) is 5.87. The number of anilines is 1. The Labute approximate surface area is 264 Å². The van der Waals surface area contributed by atoms with Crippen molar-refractivity contribution in [3.63, 3.8) is 0 Å². The molecule has 3 aliphatic heterocycles. The Kier molecular flexibility index (Phi) is 8.00. The maximum atomic E-state index is 13.8. The number of amides is 2. The molecule has 0 N–H and O–H groups in total. The van der Waals surface area contributed by atoms with Gasteiger partial charge in [0.25, 0.3) is 5.91 Å².